The topological polar surface area (TPSA) is 60.0 Å². The van der Waals surface area contributed by atoms with Crippen LogP contribution >= 0.6 is 0 Å². The standard InChI is InChI=1S/C14H26F3N5O/c1-4-18-13(19-7-8-21(2)10-14(15,16)17)20-11-5-6-12(23)22(3)9-11/h11H,4-10H2,1-3H3,(H2,18,19,20). The van der Waals surface area contributed by atoms with E-state index in [0.29, 0.717) is 25.5 Å². The second-order valence-electron chi connectivity index (χ2n) is 5.77. The number of likely N-dealkylation sites (N-methyl/N-ethyl adjacent to an activating group) is 2. The molecule has 1 rings (SSSR count). The molecule has 0 saturated carbocycles. The third kappa shape index (κ3) is 8.06. The van der Waals surface area contributed by atoms with Gasteiger partial charge in [-0.15, -0.1) is 0 Å². The van der Waals surface area contributed by atoms with Crippen LogP contribution in [0, 0.1) is 0 Å². The summed E-state index contributed by atoms with van der Waals surface area (Å²) >= 11 is 0. The number of alkyl halides is 3. The molecule has 0 bridgehead atoms. The van der Waals surface area contributed by atoms with E-state index in [2.05, 4.69) is 15.6 Å². The van der Waals surface area contributed by atoms with Crippen molar-refractivity contribution in [3.05, 3.63) is 0 Å². The van der Waals surface area contributed by atoms with Crippen molar-refractivity contribution in [1.82, 2.24) is 20.4 Å². The number of likely N-dealkylation sites (tertiary alicyclic amines) is 1. The van der Waals surface area contributed by atoms with Gasteiger partial charge in [-0.1, -0.05) is 0 Å². The van der Waals surface area contributed by atoms with Crippen molar-refractivity contribution in [1.29, 1.82) is 0 Å². The van der Waals surface area contributed by atoms with Gasteiger partial charge in [0.25, 0.3) is 0 Å². The van der Waals surface area contributed by atoms with Crippen molar-refractivity contribution in [2.24, 2.45) is 4.99 Å². The van der Waals surface area contributed by atoms with Gasteiger partial charge >= 0.3 is 6.18 Å². The molecule has 0 spiro atoms. The molecule has 0 aromatic rings. The zero-order valence-corrected chi connectivity index (χ0v) is 13.9. The van der Waals surface area contributed by atoms with Crippen LogP contribution in [0.4, 0.5) is 13.2 Å². The summed E-state index contributed by atoms with van der Waals surface area (Å²) in [7, 11) is 3.18. The smallest absolute Gasteiger partial charge is 0.357 e. The third-order valence-electron chi connectivity index (χ3n) is 3.51. The van der Waals surface area contributed by atoms with Crippen LogP contribution in [-0.2, 0) is 4.79 Å². The molecular formula is C14H26F3N5O. The maximum absolute atomic E-state index is 12.3. The fourth-order valence-electron chi connectivity index (χ4n) is 2.36. The van der Waals surface area contributed by atoms with Gasteiger partial charge in [0.05, 0.1) is 13.1 Å². The maximum Gasteiger partial charge on any atom is 0.401 e. The minimum absolute atomic E-state index is 0.100. The Morgan fingerprint density at radius 3 is 2.74 bits per heavy atom. The summed E-state index contributed by atoms with van der Waals surface area (Å²) in [6.07, 6.45) is -2.98. The minimum Gasteiger partial charge on any atom is -0.357 e. The number of halogens is 3. The molecule has 0 aliphatic carbocycles. The molecule has 0 aromatic heterocycles. The van der Waals surface area contributed by atoms with Crippen molar-refractivity contribution in [2.45, 2.75) is 32.0 Å². The molecule has 6 nitrogen and oxygen atoms in total. The number of carbonyl (C=O) groups is 1. The molecule has 0 radical (unpaired) electrons. The summed E-state index contributed by atoms with van der Waals surface area (Å²) in [5.41, 5.74) is 0. The number of aliphatic imine (C=N–C) groups is 1. The Bertz CT molecular complexity index is 414. The fourth-order valence-corrected chi connectivity index (χ4v) is 2.36. The number of carbonyl (C=O) groups excluding carboxylic acids is 1. The van der Waals surface area contributed by atoms with Crippen molar-refractivity contribution >= 4 is 11.9 Å². The zero-order valence-electron chi connectivity index (χ0n) is 13.9. The molecular weight excluding hydrogens is 311 g/mol. The molecule has 1 saturated heterocycles. The highest BCUT2D eigenvalue weighted by molar-refractivity contribution is 5.81. The number of nitrogens with zero attached hydrogens (tertiary/aromatic N) is 3. The second kappa shape index (κ2) is 8.95. The molecule has 1 unspecified atom stereocenters. The molecule has 1 amide bonds. The van der Waals surface area contributed by atoms with Crippen LogP contribution in [0.25, 0.3) is 0 Å². The van der Waals surface area contributed by atoms with Gasteiger partial charge in [0.2, 0.25) is 5.91 Å². The third-order valence-corrected chi connectivity index (χ3v) is 3.51. The average molecular weight is 337 g/mol. The molecule has 134 valence electrons. The maximum atomic E-state index is 12.3. The lowest BCUT2D eigenvalue weighted by Gasteiger charge is -2.31. The Morgan fingerprint density at radius 2 is 2.17 bits per heavy atom. The van der Waals surface area contributed by atoms with E-state index in [9.17, 15) is 18.0 Å². The van der Waals surface area contributed by atoms with Crippen molar-refractivity contribution < 1.29 is 18.0 Å². The summed E-state index contributed by atoms with van der Waals surface area (Å²) in [6.45, 7) is 2.72. The zero-order chi connectivity index (χ0) is 17.5. The minimum atomic E-state index is -4.19. The van der Waals surface area contributed by atoms with Crippen molar-refractivity contribution in [3.8, 4) is 0 Å². The monoisotopic (exact) mass is 337 g/mol. The first-order valence-electron chi connectivity index (χ1n) is 7.75. The van der Waals surface area contributed by atoms with Crippen molar-refractivity contribution in [3.63, 3.8) is 0 Å². The van der Waals surface area contributed by atoms with Crippen LogP contribution < -0.4 is 10.6 Å². The number of hydrogen-bond acceptors (Lipinski definition) is 3. The predicted octanol–water partition coefficient (Wildman–Crippen LogP) is 0.656. The largest absolute Gasteiger partial charge is 0.401 e. The van der Waals surface area contributed by atoms with Crippen LogP contribution in [0.1, 0.15) is 19.8 Å². The molecule has 1 atom stereocenters. The molecule has 1 heterocycles. The lowest BCUT2D eigenvalue weighted by atomic mass is 10.1. The van der Waals surface area contributed by atoms with E-state index in [1.54, 1.807) is 11.9 Å². The predicted molar refractivity (Wildman–Crippen MR) is 83.3 cm³/mol. The summed E-state index contributed by atoms with van der Waals surface area (Å²) in [5, 5.41) is 6.31. The van der Waals surface area contributed by atoms with E-state index in [1.807, 2.05) is 6.92 Å². The summed E-state index contributed by atoms with van der Waals surface area (Å²) < 4.78 is 36.8. The van der Waals surface area contributed by atoms with Gasteiger partial charge < -0.3 is 15.5 Å². The number of guanidine groups is 1. The Labute approximate surface area is 135 Å². The van der Waals surface area contributed by atoms with Gasteiger partial charge in [-0.25, -0.2) is 0 Å². The highest BCUT2D eigenvalue weighted by Gasteiger charge is 2.28. The van der Waals surface area contributed by atoms with Gasteiger partial charge in [0.15, 0.2) is 5.96 Å². The van der Waals surface area contributed by atoms with Gasteiger partial charge in [-0.3, -0.25) is 14.7 Å². The highest BCUT2D eigenvalue weighted by atomic mass is 19.4. The molecule has 23 heavy (non-hydrogen) atoms. The van der Waals surface area contributed by atoms with Crippen LogP contribution in [0.15, 0.2) is 4.99 Å². The molecule has 1 fully saturated rings. The number of amides is 1. The molecule has 0 aromatic carbocycles. The Kier molecular flexibility index (Phi) is 7.60. The van der Waals surface area contributed by atoms with Crippen LogP contribution in [-0.4, -0.2) is 80.7 Å². The lowest BCUT2D eigenvalue weighted by molar-refractivity contribution is -0.142. The van der Waals surface area contributed by atoms with Gasteiger partial charge in [0.1, 0.15) is 0 Å². The quantitative estimate of drug-likeness (QED) is 0.552. The molecule has 1 aliphatic heterocycles. The van der Waals surface area contributed by atoms with E-state index >= 15 is 0 Å². The number of piperidine rings is 1. The molecule has 9 heteroatoms. The Balaban J connectivity index is 2.45. The fraction of sp³-hybridized carbons (Fsp3) is 0.857. The molecule has 2 N–H and O–H groups in total. The second-order valence-corrected chi connectivity index (χ2v) is 5.77. The van der Waals surface area contributed by atoms with Gasteiger partial charge in [-0.2, -0.15) is 13.2 Å². The van der Waals surface area contributed by atoms with Crippen LogP contribution in [0.3, 0.4) is 0 Å². The summed E-state index contributed by atoms with van der Waals surface area (Å²) in [5.74, 6) is 0.694. The van der Waals surface area contributed by atoms with Crippen LogP contribution in [0.2, 0.25) is 0 Å². The lowest BCUT2D eigenvalue weighted by Crippen LogP contribution is -2.51. The Hall–Kier alpha value is -1.51. The van der Waals surface area contributed by atoms with Crippen LogP contribution in [0.5, 0.6) is 0 Å². The van der Waals surface area contributed by atoms with E-state index in [1.165, 1.54) is 11.9 Å². The number of hydrogen-bond donors (Lipinski definition) is 2. The summed E-state index contributed by atoms with van der Waals surface area (Å²) in [6, 6.07) is 0.100. The van der Waals surface area contributed by atoms with E-state index in [-0.39, 0.29) is 25.0 Å². The first-order valence-corrected chi connectivity index (χ1v) is 7.75. The van der Waals surface area contributed by atoms with E-state index < -0.39 is 12.7 Å². The van der Waals surface area contributed by atoms with Gasteiger partial charge in [-0.05, 0) is 20.4 Å². The number of nitrogens with one attached hydrogen (secondary N) is 2. The first kappa shape index (κ1) is 19.5. The normalized spacial score (nSPS) is 20.1. The van der Waals surface area contributed by atoms with Crippen molar-refractivity contribution in [2.75, 3.05) is 46.8 Å². The first-order chi connectivity index (χ1) is 10.7. The highest BCUT2D eigenvalue weighted by Crippen LogP contribution is 2.15. The average Bonchev–Trinajstić information content (AvgIpc) is 2.41. The summed E-state index contributed by atoms with van der Waals surface area (Å²) in [4.78, 5) is 18.6. The molecule has 1 aliphatic rings. The number of rotatable bonds is 6. The SMILES string of the molecule is CCNC(=NCCN(C)CC(F)(F)F)NC1CCC(=O)N(C)C1. The van der Waals surface area contributed by atoms with Gasteiger partial charge in [0, 0.05) is 39.1 Å². The van der Waals surface area contributed by atoms with E-state index in [0.717, 1.165) is 6.42 Å². The van der Waals surface area contributed by atoms with E-state index in [4.69, 9.17) is 0 Å². The Morgan fingerprint density at radius 1 is 1.48 bits per heavy atom.